The number of aromatic nitrogens is 6. The number of benzene rings is 6. The van der Waals surface area contributed by atoms with E-state index in [2.05, 4.69) is 82.8 Å². The van der Waals surface area contributed by atoms with Gasteiger partial charge in [-0.1, -0.05) is 84.9 Å². The minimum Gasteiger partial charge on any atom is -0.294 e. The fraction of sp³-hybridized carbons (Fsp3) is 0.0417. The van der Waals surface area contributed by atoms with Crippen molar-refractivity contribution in [1.29, 1.82) is 0 Å². The van der Waals surface area contributed by atoms with E-state index in [1.807, 2.05) is 85.3 Å². The molecule has 0 bridgehead atoms. The molecule has 266 valence electrons. The summed E-state index contributed by atoms with van der Waals surface area (Å²) in [6.45, 7) is 0.866. The van der Waals surface area contributed by atoms with E-state index in [0.29, 0.717) is 34.9 Å². The van der Waals surface area contributed by atoms with E-state index >= 15 is 0 Å². The summed E-state index contributed by atoms with van der Waals surface area (Å²) < 4.78 is 3.30. The standard InChI is InChI=1S/C48H32N6O2/c55-47-42-3-1-2-4-45(42)51-29-53(47)27-31-7-11-34(12-8-31)36-16-18-44-40(22-36)23-41(26-50-44)37-15-17-43-46(24-37)52-30-54(48(43)56)28-32-5-9-33(10-6-32)35-13-14-39-25-49-20-19-38(39)21-35/h1-26,29-30H,27-28H2. The Labute approximate surface area is 320 Å². The van der Waals surface area contributed by atoms with Gasteiger partial charge in [0.2, 0.25) is 0 Å². The second-order valence-electron chi connectivity index (χ2n) is 14.1. The molecule has 0 aliphatic carbocycles. The Hall–Kier alpha value is -7.58. The number of hydrogen-bond donors (Lipinski definition) is 0. The molecule has 0 saturated heterocycles. The van der Waals surface area contributed by atoms with Gasteiger partial charge < -0.3 is 0 Å². The summed E-state index contributed by atoms with van der Waals surface area (Å²) in [5.74, 6) is 0. The minimum absolute atomic E-state index is 0.0502. The monoisotopic (exact) mass is 724 g/mol. The predicted octanol–water partition coefficient (Wildman–Crippen LogP) is 9.30. The largest absolute Gasteiger partial charge is 0.294 e. The smallest absolute Gasteiger partial charge is 0.261 e. The average Bonchev–Trinajstić information content (AvgIpc) is 3.25. The van der Waals surface area contributed by atoms with Crippen molar-refractivity contribution in [1.82, 2.24) is 29.1 Å². The lowest BCUT2D eigenvalue weighted by molar-refractivity contribution is 0.748. The van der Waals surface area contributed by atoms with Crippen LogP contribution in [0, 0.1) is 0 Å². The molecule has 4 aromatic heterocycles. The van der Waals surface area contributed by atoms with E-state index in [1.165, 1.54) is 0 Å². The van der Waals surface area contributed by atoms with Crippen LogP contribution < -0.4 is 11.1 Å². The predicted molar refractivity (Wildman–Crippen MR) is 224 cm³/mol. The first-order chi connectivity index (χ1) is 27.5. The Morgan fingerprint density at radius 3 is 1.71 bits per heavy atom. The molecule has 6 aromatic carbocycles. The molecular weight excluding hydrogens is 693 g/mol. The highest BCUT2D eigenvalue weighted by atomic mass is 16.1. The zero-order valence-electron chi connectivity index (χ0n) is 30.1. The Morgan fingerprint density at radius 1 is 0.411 bits per heavy atom. The van der Waals surface area contributed by atoms with Gasteiger partial charge in [0, 0.05) is 34.9 Å². The Kier molecular flexibility index (Phi) is 8.07. The summed E-state index contributed by atoms with van der Waals surface area (Å²) in [7, 11) is 0. The maximum absolute atomic E-state index is 13.6. The van der Waals surface area contributed by atoms with Gasteiger partial charge in [-0.2, -0.15) is 0 Å². The highest BCUT2D eigenvalue weighted by molar-refractivity contribution is 5.90. The molecule has 0 saturated carbocycles. The van der Waals surface area contributed by atoms with Gasteiger partial charge in [0.15, 0.2) is 0 Å². The first kappa shape index (κ1) is 33.0. The number of fused-ring (bicyclic) bond motifs is 4. The topological polar surface area (TPSA) is 95.6 Å². The SMILES string of the molecule is O=c1c2ccccc2ncn1Cc1ccc(-c2ccc3ncc(-c4ccc5c(=O)n(Cc6ccc(-c7ccc8cnccc8c7)cc6)cnc5c4)cc3c2)cc1. The van der Waals surface area contributed by atoms with Crippen LogP contribution in [-0.2, 0) is 13.1 Å². The van der Waals surface area contributed by atoms with Gasteiger partial charge in [0.25, 0.3) is 11.1 Å². The molecule has 0 radical (unpaired) electrons. The van der Waals surface area contributed by atoms with Crippen LogP contribution >= 0.6 is 0 Å². The van der Waals surface area contributed by atoms with Gasteiger partial charge in [0.05, 0.1) is 53.1 Å². The number of nitrogens with zero attached hydrogens (tertiary/aromatic N) is 6. The van der Waals surface area contributed by atoms with Crippen LogP contribution in [0.25, 0.3) is 76.9 Å². The van der Waals surface area contributed by atoms with Crippen molar-refractivity contribution in [2.75, 3.05) is 0 Å². The second kappa shape index (κ2) is 13.7. The number of pyridine rings is 2. The lowest BCUT2D eigenvalue weighted by Gasteiger charge is -2.10. The third kappa shape index (κ3) is 6.19. The van der Waals surface area contributed by atoms with Gasteiger partial charge in [-0.05, 0) is 98.9 Å². The van der Waals surface area contributed by atoms with E-state index < -0.39 is 0 Å². The summed E-state index contributed by atoms with van der Waals surface area (Å²) in [6, 6.07) is 46.5. The van der Waals surface area contributed by atoms with Crippen molar-refractivity contribution < 1.29 is 0 Å². The normalized spacial score (nSPS) is 11.5. The van der Waals surface area contributed by atoms with Crippen LogP contribution in [0.1, 0.15) is 11.1 Å². The quantitative estimate of drug-likeness (QED) is 0.163. The van der Waals surface area contributed by atoms with Gasteiger partial charge >= 0.3 is 0 Å². The lowest BCUT2D eigenvalue weighted by Crippen LogP contribution is -2.21. The first-order valence-electron chi connectivity index (χ1n) is 18.4. The lowest BCUT2D eigenvalue weighted by atomic mass is 9.99. The molecule has 0 atom stereocenters. The molecule has 0 N–H and O–H groups in total. The second-order valence-corrected chi connectivity index (χ2v) is 14.1. The van der Waals surface area contributed by atoms with Crippen molar-refractivity contribution in [2.24, 2.45) is 0 Å². The Bertz CT molecular complexity index is 3240. The van der Waals surface area contributed by atoms with Crippen molar-refractivity contribution in [3.8, 4) is 33.4 Å². The van der Waals surface area contributed by atoms with Crippen molar-refractivity contribution in [3.63, 3.8) is 0 Å². The third-order valence-electron chi connectivity index (χ3n) is 10.5. The summed E-state index contributed by atoms with van der Waals surface area (Å²) in [5.41, 5.74) is 10.4. The molecule has 8 nitrogen and oxygen atoms in total. The molecule has 4 heterocycles. The van der Waals surface area contributed by atoms with Crippen LogP contribution in [0.2, 0.25) is 0 Å². The van der Waals surface area contributed by atoms with Gasteiger partial charge in [0.1, 0.15) is 0 Å². The third-order valence-corrected chi connectivity index (χ3v) is 10.5. The average molecular weight is 725 g/mol. The molecule has 0 aliphatic rings. The fourth-order valence-electron chi connectivity index (χ4n) is 7.40. The Morgan fingerprint density at radius 2 is 0.982 bits per heavy atom. The van der Waals surface area contributed by atoms with Crippen molar-refractivity contribution in [3.05, 3.63) is 203 Å². The molecule has 0 fully saturated rings. The molecule has 10 rings (SSSR count). The highest BCUT2D eigenvalue weighted by Crippen LogP contribution is 2.29. The molecule has 0 amide bonds. The molecule has 8 heteroatoms. The van der Waals surface area contributed by atoms with Crippen LogP contribution in [-0.4, -0.2) is 29.1 Å². The van der Waals surface area contributed by atoms with E-state index in [9.17, 15) is 9.59 Å². The number of rotatable bonds is 7. The molecule has 0 unspecified atom stereocenters. The van der Waals surface area contributed by atoms with E-state index in [-0.39, 0.29) is 11.1 Å². The molecule has 56 heavy (non-hydrogen) atoms. The number of hydrogen-bond acceptors (Lipinski definition) is 6. The summed E-state index contributed by atoms with van der Waals surface area (Å²) in [6.07, 6.45) is 8.79. The summed E-state index contributed by atoms with van der Waals surface area (Å²) in [4.78, 5) is 44.7. The maximum atomic E-state index is 13.6. The maximum Gasteiger partial charge on any atom is 0.261 e. The van der Waals surface area contributed by atoms with Crippen molar-refractivity contribution in [2.45, 2.75) is 13.1 Å². The molecule has 0 aliphatic heterocycles. The molecule has 10 aromatic rings. The van der Waals surface area contributed by atoms with Crippen LogP contribution in [0.3, 0.4) is 0 Å². The Balaban J connectivity index is 0.869. The minimum atomic E-state index is -0.0814. The fourth-order valence-corrected chi connectivity index (χ4v) is 7.40. The molecular formula is C48H32N6O2. The molecule has 0 spiro atoms. The number of para-hydroxylation sites is 1. The summed E-state index contributed by atoms with van der Waals surface area (Å²) >= 11 is 0. The van der Waals surface area contributed by atoms with Crippen LogP contribution in [0.15, 0.2) is 180 Å². The van der Waals surface area contributed by atoms with E-state index in [1.54, 1.807) is 21.8 Å². The zero-order chi connectivity index (χ0) is 37.6. The van der Waals surface area contributed by atoms with Gasteiger partial charge in [-0.25, -0.2) is 9.97 Å². The first-order valence-corrected chi connectivity index (χ1v) is 18.4. The van der Waals surface area contributed by atoms with Gasteiger partial charge in [-0.3, -0.25) is 28.7 Å². The van der Waals surface area contributed by atoms with E-state index in [4.69, 9.17) is 9.97 Å². The summed E-state index contributed by atoms with van der Waals surface area (Å²) in [5, 5.41) is 4.45. The highest BCUT2D eigenvalue weighted by Gasteiger charge is 2.11. The van der Waals surface area contributed by atoms with Crippen LogP contribution in [0.4, 0.5) is 0 Å². The zero-order valence-corrected chi connectivity index (χ0v) is 30.1. The van der Waals surface area contributed by atoms with Crippen LogP contribution in [0.5, 0.6) is 0 Å². The van der Waals surface area contributed by atoms with Gasteiger partial charge in [-0.15, -0.1) is 0 Å². The van der Waals surface area contributed by atoms with E-state index in [0.717, 1.165) is 66.2 Å². The van der Waals surface area contributed by atoms with Crippen molar-refractivity contribution >= 4 is 43.5 Å².